The molecule has 0 saturated heterocycles. The van der Waals surface area contributed by atoms with E-state index in [2.05, 4.69) is 15.3 Å². The Hall–Kier alpha value is -2.13. The molecule has 1 unspecified atom stereocenters. The molecular weight excluding hydrogens is 435 g/mol. The molecule has 1 amide bonds. The van der Waals surface area contributed by atoms with Gasteiger partial charge < -0.3 is 10.1 Å². The molecule has 1 N–H and O–H groups in total. The number of anilines is 1. The molecule has 0 aliphatic heterocycles. The number of carbonyl (C=O) groups excluding carboxylic acids is 1. The molecule has 0 bridgehead atoms. The van der Waals surface area contributed by atoms with Crippen molar-refractivity contribution in [3.8, 4) is 0 Å². The van der Waals surface area contributed by atoms with Gasteiger partial charge in [0, 0.05) is 13.3 Å². The lowest BCUT2D eigenvalue weighted by Gasteiger charge is -2.16. The predicted molar refractivity (Wildman–Crippen MR) is 116 cm³/mol. The molecule has 0 aliphatic carbocycles. The molecule has 2 heterocycles. The van der Waals surface area contributed by atoms with Gasteiger partial charge in [-0.15, -0.1) is 0 Å². The number of hydrogen-bond acceptors (Lipinski definition) is 6. The van der Waals surface area contributed by atoms with Crippen LogP contribution in [0.25, 0.3) is 10.9 Å². The van der Waals surface area contributed by atoms with Crippen LogP contribution in [0.5, 0.6) is 0 Å². The van der Waals surface area contributed by atoms with E-state index in [0.29, 0.717) is 34.2 Å². The quantitative estimate of drug-likeness (QED) is 0.432. The van der Waals surface area contributed by atoms with Crippen LogP contribution in [-0.4, -0.2) is 39.4 Å². The Kier molecular flexibility index (Phi) is 7.13. The molecule has 0 aliphatic rings. The van der Waals surface area contributed by atoms with Gasteiger partial charge in [0.15, 0.2) is 11.0 Å². The first-order valence-electron chi connectivity index (χ1n) is 8.67. The van der Waals surface area contributed by atoms with Crippen molar-refractivity contribution in [1.82, 2.24) is 14.5 Å². The minimum atomic E-state index is -0.564. The van der Waals surface area contributed by atoms with Gasteiger partial charge in [0.25, 0.3) is 5.56 Å². The van der Waals surface area contributed by atoms with E-state index in [4.69, 9.17) is 27.9 Å². The van der Waals surface area contributed by atoms with Crippen molar-refractivity contribution in [3.05, 3.63) is 56.9 Å². The number of nitrogens with one attached hydrogen (secondary N) is 1. The number of fused-ring (bicyclic) bond motifs is 1. The maximum atomic E-state index is 12.9. The Balaban J connectivity index is 1.87. The number of thioether (sulfide) groups is 1. The Morgan fingerprint density at radius 1 is 1.34 bits per heavy atom. The van der Waals surface area contributed by atoms with Gasteiger partial charge >= 0.3 is 0 Å². The lowest BCUT2D eigenvalue weighted by atomic mass is 10.2. The van der Waals surface area contributed by atoms with Crippen LogP contribution < -0.4 is 10.9 Å². The first-order valence-corrected chi connectivity index (χ1v) is 10.3. The fourth-order valence-electron chi connectivity index (χ4n) is 2.55. The number of carbonyl (C=O) groups is 1. The van der Waals surface area contributed by atoms with Crippen LogP contribution in [0.2, 0.25) is 10.0 Å². The first kappa shape index (κ1) is 21.6. The van der Waals surface area contributed by atoms with E-state index in [9.17, 15) is 9.59 Å². The summed E-state index contributed by atoms with van der Waals surface area (Å²) in [7, 11) is 1.56. The summed E-state index contributed by atoms with van der Waals surface area (Å²) in [5.74, 6) is -0.107. The van der Waals surface area contributed by atoms with Gasteiger partial charge in [-0.25, -0.2) is 9.97 Å². The summed E-state index contributed by atoms with van der Waals surface area (Å²) in [5, 5.41) is 3.67. The zero-order valence-electron chi connectivity index (χ0n) is 15.7. The third kappa shape index (κ3) is 5.08. The molecule has 0 fully saturated rings. The molecule has 29 heavy (non-hydrogen) atoms. The van der Waals surface area contributed by atoms with E-state index in [-0.39, 0.29) is 22.3 Å². The molecule has 2 aromatic heterocycles. The SMILES string of the molecule is COCCn1c(SC(C)C(=O)Nc2ncc(Cl)cc2Cl)nc2ccccc2c1=O. The van der Waals surface area contributed by atoms with Crippen LogP contribution in [-0.2, 0) is 16.1 Å². The van der Waals surface area contributed by atoms with Crippen molar-refractivity contribution >= 4 is 57.6 Å². The lowest BCUT2D eigenvalue weighted by Crippen LogP contribution is -2.28. The Morgan fingerprint density at radius 2 is 2.10 bits per heavy atom. The molecule has 3 aromatic rings. The third-order valence-electron chi connectivity index (χ3n) is 4.05. The monoisotopic (exact) mass is 452 g/mol. The first-order chi connectivity index (χ1) is 13.9. The number of nitrogens with zero attached hydrogens (tertiary/aromatic N) is 3. The molecule has 0 radical (unpaired) electrons. The lowest BCUT2D eigenvalue weighted by molar-refractivity contribution is -0.115. The second-order valence-electron chi connectivity index (χ2n) is 6.09. The van der Waals surface area contributed by atoms with Crippen LogP contribution in [0.4, 0.5) is 5.82 Å². The number of rotatable bonds is 7. The van der Waals surface area contributed by atoms with Crippen LogP contribution in [0.1, 0.15) is 6.92 Å². The molecule has 152 valence electrons. The average Bonchev–Trinajstić information content (AvgIpc) is 2.70. The summed E-state index contributed by atoms with van der Waals surface area (Å²) in [4.78, 5) is 34.1. The number of para-hydroxylation sites is 1. The Labute approximate surface area is 181 Å². The maximum absolute atomic E-state index is 12.9. The molecule has 10 heteroatoms. The minimum Gasteiger partial charge on any atom is -0.383 e. The van der Waals surface area contributed by atoms with Crippen LogP contribution in [0, 0.1) is 0 Å². The topological polar surface area (TPSA) is 86.1 Å². The summed E-state index contributed by atoms with van der Waals surface area (Å²) < 4.78 is 6.63. The highest BCUT2D eigenvalue weighted by atomic mass is 35.5. The molecular formula is C19H18Cl2N4O3S. The highest BCUT2D eigenvalue weighted by molar-refractivity contribution is 8.00. The van der Waals surface area contributed by atoms with Gasteiger partial charge in [-0.05, 0) is 25.1 Å². The number of hydrogen-bond donors (Lipinski definition) is 1. The van der Waals surface area contributed by atoms with Crippen LogP contribution in [0.15, 0.2) is 46.5 Å². The molecule has 1 aromatic carbocycles. The largest absolute Gasteiger partial charge is 0.383 e. The Morgan fingerprint density at radius 3 is 2.83 bits per heavy atom. The molecule has 7 nitrogen and oxygen atoms in total. The molecule has 1 atom stereocenters. The van der Waals surface area contributed by atoms with E-state index in [1.807, 2.05) is 6.07 Å². The van der Waals surface area contributed by atoms with Gasteiger partial charge in [0.2, 0.25) is 5.91 Å². The number of amides is 1. The number of ether oxygens (including phenoxy) is 1. The predicted octanol–water partition coefficient (Wildman–Crippen LogP) is 3.86. The van der Waals surface area contributed by atoms with Gasteiger partial charge in [-0.1, -0.05) is 47.1 Å². The second kappa shape index (κ2) is 9.58. The standard InChI is InChI=1S/C19H18Cl2N4O3S/c1-11(17(26)24-16-14(21)9-12(20)10-22-16)29-19-23-15-6-4-3-5-13(15)18(27)25(19)7-8-28-2/h3-6,9-11H,7-8H2,1-2H3,(H,22,24,26). The van der Waals surface area contributed by atoms with Crippen LogP contribution in [0.3, 0.4) is 0 Å². The Bertz CT molecular complexity index is 1110. The average molecular weight is 453 g/mol. The molecule has 0 spiro atoms. The number of aromatic nitrogens is 3. The maximum Gasteiger partial charge on any atom is 0.262 e. The van der Waals surface area contributed by atoms with Gasteiger partial charge in [0.05, 0.1) is 39.3 Å². The zero-order chi connectivity index (χ0) is 21.0. The van der Waals surface area contributed by atoms with Crippen molar-refractivity contribution in [1.29, 1.82) is 0 Å². The molecule has 0 saturated carbocycles. The highest BCUT2D eigenvalue weighted by Crippen LogP contribution is 2.26. The van der Waals surface area contributed by atoms with E-state index in [1.165, 1.54) is 28.6 Å². The normalized spacial score (nSPS) is 12.1. The zero-order valence-corrected chi connectivity index (χ0v) is 18.0. The third-order valence-corrected chi connectivity index (χ3v) is 5.63. The number of methoxy groups -OCH3 is 1. The smallest absolute Gasteiger partial charge is 0.262 e. The highest BCUT2D eigenvalue weighted by Gasteiger charge is 2.20. The van der Waals surface area contributed by atoms with Crippen molar-refractivity contribution < 1.29 is 9.53 Å². The van der Waals surface area contributed by atoms with Crippen LogP contribution >= 0.6 is 35.0 Å². The van der Waals surface area contributed by atoms with Crippen molar-refractivity contribution in [2.45, 2.75) is 23.9 Å². The fourth-order valence-corrected chi connectivity index (χ4v) is 3.92. The van der Waals surface area contributed by atoms with Crippen molar-refractivity contribution in [2.75, 3.05) is 19.0 Å². The van der Waals surface area contributed by atoms with Gasteiger partial charge in [-0.3, -0.25) is 14.2 Å². The van der Waals surface area contributed by atoms with Crippen molar-refractivity contribution in [3.63, 3.8) is 0 Å². The summed E-state index contributed by atoms with van der Waals surface area (Å²) in [5.41, 5.74) is 0.397. The fraction of sp³-hybridized carbons (Fsp3) is 0.263. The van der Waals surface area contributed by atoms with Gasteiger partial charge in [-0.2, -0.15) is 0 Å². The number of halogens is 2. The number of pyridine rings is 1. The summed E-state index contributed by atoms with van der Waals surface area (Å²) in [6, 6.07) is 8.60. The van der Waals surface area contributed by atoms with E-state index < -0.39 is 5.25 Å². The van der Waals surface area contributed by atoms with E-state index in [1.54, 1.807) is 32.2 Å². The molecule has 3 rings (SSSR count). The second-order valence-corrected chi connectivity index (χ2v) is 8.25. The van der Waals surface area contributed by atoms with Gasteiger partial charge in [0.1, 0.15) is 0 Å². The summed E-state index contributed by atoms with van der Waals surface area (Å²) in [6.45, 7) is 2.39. The summed E-state index contributed by atoms with van der Waals surface area (Å²) in [6.07, 6.45) is 1.40. The summed E-state index contributed by atoms with van der Waals surface area (Å²) >= 11 is 13.1. The van der Waals surface area contributed by atoms with E-state index >= 15 is 0 Å². The minimum absolute atomic E-state index is 0.176. The number of benzene rings is 1. The van der Waals surface area contributed by atoms with Crippen molar-refractivity contribution in [2.24, 2.45) is 0 Å². The van der Waals surface area contributed by atoms with E-state index in [0.717, 1.165) is 0 Å².